The molecule has 0 saturated heterocycles. The third kappa shape index (κ3) is 1.93. The van der Waals surface area contributed by atoms with Crippen LogP contribution in [0.3, 0.4) is 0 Å². The molecule has 0 aliphatic carbocycles. The minimum Gasteiger partial charge on any atom is -0.493 e. The predicted molar refractivity (Wildman–Crippen MR) is 54.0 cm³/mol. The largest absolute Gasteiger partial charge is 0.493 e. The van der Waals surface area contributed by atoms with Crippen LogP contribution in [0.2, 0.25) is 0 Å². The molecule has 0 radical (unpaired) electrons. The van der Waals surface area contributed by atoms with Gasteiger partial charge in [0.05, 0.1) is 19.2 Å². The fourth-order valence-corrected chi connectivity index (χ4v) is 1.63. The molecule has 0 heterocycles. The van der Waals surface area contributed by atoms with Gasteiger partial charge in [-0.15, -0.1) is 0 Å². The van der Waals surface area contributed by atoms with E-state index in [1.54, 1.807) is 0 Å². The number of rotatable bonds is 3. The highest BCUT2D eigenvalue weighted by Gasteiger charge is 2.18. The Kier molecular flexibility index (Phi) is 3.60. The third-order valence-electron chi connectivity index (χ3n) is 1.73. The van der Waals surface area contributed by atoms with Crippen LogP contribution in [-0.4, -0.2) is 19.4 Å². The molecule has 76 valence electrons. The van der Waals surface area contributed by atoms with Crippen molar-refractivity contribution in [1.82, 2.24) is 0 Å². The van der Waals surface area contributed by atoms with Gasteiger partial charge >= 0.3 is 0 Å². The van der Waals surface area contributed by atoms with Crippen LogP contribution >= 0.6 is 15.9 Å². The summed E-state index contributed by atoms with van der Waals surface area (Å²) in [5.41, 5.74) is 5.35. The lowest BCUT2D eigenvalue weighted by Gasteiger charge is -2.09. The molecule has 2 N–H and O–H groups in total. The standard InChI is InChI=1S/C9H9BrFNO2/c1-14-9-6(11)3-2-5(10)8(9)7(13)4-12/h2-3H,4,12H2,1H3. The van der Waals surface area contributed by atoms with E-state index in [0.717, 1.165) is 0 Å². The molecule has 0 aliphatic rings. The summed E-state index contributed by atoms with van der Waals surface area (Å²) in [5, 5.41) is 0. The number of Topliss-reactive ketones (excluding diaryl/α,β-unsaturated/α-hetero) is 1. The second-order valence-electron chi connectivity index (χ2n) is 2.56. The normalized spacial score (nSPS) is 10.0. The molecule has 0 fully saturated rings. The first-order valence-electron chi connectivity index (χ1n) is 3.87. The second-order valence-corrected chi connectivity index (χ2v) is 3.42. The fraction of sp³-hybridized carbons (Fsp3) is 0.222. The van der Waals surface area contributed by atoms with Crippen molar-refractivity contribution in [2.45, 2.75) is 0 Å². The van der Waals surface area contributed by atoms with Crippen LogP contribution in [-0.2, 0) is 0 Å². The minimum absolute atomic E-state index is 0.0742. The second kappa shape index (κ2) is 4.52. The van der Waals surface area contributed by atoms with E-state index in [2.05, 4.69) is 15.9 Å². The average Bonchev–Trinajstić information content (AvgIpc) is 2.19. The van der Waals surface area contributed by atoms with Gasteiger partial charge in [0.1, 0.15) is 0 Å². The highest BCUT2D eigenvalue weighted by atomic mass is 79.9. The predicted octanol–water partition coefficient (Wildman–Crippen LogP) is 1.74. The van der Waals surface area contributed by atoms with Gasteiger partial charge in [0.25, 0.3) is 0 Å². The maximum absolute atomic E-state index is 13.2. The van der Waals surface area contributed by atoms with Crippen molar-refractivity contribution in [2.75, 3.05) is 13.7 Å². The molecule has 0 unspecified atom stereocenters. The summed E-state index contributed by atoms with van der Waals surface area (Å²) in [4.78, 5) is 11.4. The van der Waals surface area contributed by atoms with Crippen molar-refractivity contribution < 1.29 is 13.9 Å². The lowest BCUT2D eigenvalue weighted by atomic mass is 10.1. The Bertz CT molecular complexity index is 368. The minimum atomic E-state index is -0.576. The molecule has 1 aromatic rings. The van der Waals surface area contributed by atoms with Gasteiger partial charge in [-0.1, -0.05) is 0 Å². The molecule has 0 amide bonds. The van der Waals surface area contributed by atoms with Gasteiger partial charge in [0.2, 0.25) is 0 Å². The Hall–Kier alpha value is -0.940. The van der Waals surface area contributed by atoms with E-state index in [0.29, 0.717) is 4.47 Å². The van der Waals surface area contributed by atoms with Gasteiger partial charge in [0, 0.05) is 4.47 Å². The first kappa shape index (κ1) is 11.1. The molecular weight excluding hydrogens is 253 g/mol. The lowest BCUT2D eigenvalue weighted by Crippen LogP contribution is -2.15. The van der Waals surface area contributed by atoms with E-state index in [9.17, 15) is 9.18 Å². The third-order valence-corrected chi connectivity index (χ3v) is 2.39. The molecule has 1 aromatic carbocycles. The van der Waals surface area contributed by atoms with Crippen molar-refractivity contribution in [3.63, 3.8) is 0 Å². The van der Waals surface area contributed by atoms with Gasteiger partial charge in [-0.05, 0) is 28.1 Å². The zero-order chi connectivity index (χ0) is 10.7. The molecular formula is C9H9BrFNO2. The molecule has 0 aromatic heterocycles. The van der Waals surface area contributed by atoms with Crippen LogP contribution in [0.5, 0.6) is 5.75 Å². The number of hydrogen-bond acceptors (Lipinski definition) is 3. The SMILES string of the molecule is COc1c(F)ccc(Br)c1C(=O)CN. The molecule has 3 nitrogen and oxygen atoms in total. The summed E-state index contributed by atoms with van der Waals surface area (Å²) in [6.45, 7) is -0.182. The van der Waals surface area contributed by atoms with Crippen molar-refractivity contribution in [2.24, 2.45) is 5.73 Å². The van der Waals surface area contributed by atoms with E-state index >= 15 is 0 Å². The number of carbonyl (C=O) groups excluding carboxylic acids is 1. The van der Waals surface area contributed by atoms with Crippen LogP contribution in [0.4, 0.5) is 4.39 Å². The van der Waals surface area contributed by atoms with Gasteiger partial charge in [-0.3, -0.25) is 4.79 Å². The first-order chi connectivity index (χ1) is 6.61. The van der Waals surface area contributed by atoms with Gasteiger partial charge in [0.15, 0.2) is 17.3 Å². The number of halogens is 2. The van der Waals surface area contributed by atoms with Crippen molar-refractivity contribution in [1.29, 1.82) is 0 Å². The molecule has 0 bridgehead atoms. The highest BCUT2D eigenvalue weighted by molar-refractivity contribution is 9.10. The number of ketones is 1. The van der Waals surface area contributed by atoms with Crippen LogP contribution in [0.15, 0.2) is 16.6 Å². The van der Waals surface area contributed by atoms with Crippen LogP contribution in [0.1, 0.15) is 10.4 Å². The molecule has 14 heavy (non-hydrogen) atoms. The smallest absolute Gasteiger partial charge is 0.181 e. The van der Waals surface area contributed by atoms with E-state index in [4.69, 9.17) is 10.5 Å². The quantitative estimate of drug-likeness (QED) is 0.844. The zero-order valence-electron chi connectivity index (χ0n) is 7.51. The van der Waals surface area contributed by atoms with E-state index < -0.39 is 5.82 Å². The van der Waals surface area contributed by atoms with E-state index in [-0.39, 0.29) is 23.6 Å². The number of carbonyl (C=O) groups is 1. The van der Waals surface area contributed by atoms with Crippen LogP contribution < -0.4 is 10.5 Å². The van der Waals surface area contributed by atoms with Crippen molar-refractivity contribution in [3.05, 3.63) is 28.0 Å². The topological polar surface area (TPSA) is 52.3 Å². The molecule has 0 spiro atoms. The fourth-order valence-electron chi connectivity index (χ4n) is 1.09. The van der Waals surface area contributed by atoms with E-state index in [1.165, 1.54) is 19.2 Å². The number of nitrogens with two attached hydrogens (primary N) is 1. The van der Waals surface area contributed by atoms with Crippen molar-refractivity contribution >= 4 is 21.7 Å². The number of hydrogen-bond donors (Lipinski definition) is 1. The van der Waals surface area contributed by atoms with Gasteiger partial charge < -0.3 is 10.5 Å². The average molecular weight is 262 g/mol. The monoisotopic (exact) mass is 261 g/mol. The summed E-state index contributed by atoms with van der Waals surface area (Å²) < 4.78 is 18.5. The first-order valence-corrected chi connectivity index (χ1v) is 4.66. The zero-order valence-corrected chi connectivity index (χ0v) is 9.10. The Balaban J connectivity index is 3.37. The highest BCUT2D eigenvalue weighted by Crippen LogP contribution is 2.29. The number of ether oxygens (including phenoxy) is 1. The summed E-state index contributed by atoms with van der Waals surface area (Å²) in [6.07, 6.45) is 0. The maximum Gasteiger partial charge on any atom is 0.181 e. The summed E-state index contributed by atoms with van der Waals surface area (Å²) in [7, 11) is 1.30. The van der Waals surface area contributed by atoms with Crippen LogP contribution in [0.25, 0.3) is 0 Å². The number of methoxy groups -OCH3 is 1. The molecule has 1 rings (SSSR count). The van der Waals surface area contributed by atoms with Crippen molar-refractivity contribution in [3.8, 4) is 5.75 Å². The Morgan fingerprint density at radius 2 is 2.29 bits per heavy atom. The lowest BCUT2D eigenvalue weighted by molar-refractivity contribution is 0.0997. The molecule has 5 heteroatoms. The molecule has 0 aliphatic heterocycles. The summed E-state index contributed by atoms with van der Waals surface area (Å²) in [6, 6.07) is 2.66. The molecule has 0 saturated carbocycles. The summed E-state index contributed by atoms with van der Waals surface area (Å²) >= 11 is 3.14. The number of benzene rings is 1. The Morgan fingerprint density at radius 1 is 1.64 bits per heavy atom. The van der Waals surface area contributed by atoms with E-state index in [1.807, 2.05) is 0 Å². The molecule has 0 atom stereocenters. The van der Waals surface area contributed by atoms with Crippen LogP contribution in [0, 0.1) is 5.82 Å². The maximum atomic E-state index is 13.2. The van der Waals surface area contributed by atoms with Gasteiger partial charge in [-0.25, -0.2) is 4.39 Å². The van der Waals surface area contributed by atoms with Gasteiger partial charge in [-0.2, -0.15) is 0 Å². The summed E-state index contributed by atoms with van der Waals surface area (Å²) in [5.74, 6) is -1.02. The Labute approximate surface area is 89.2 Å². The Morgan fingerprint density at radius 3 is 2.79 bits per heavy atom.